The Balaban J connectivity index is 0.0000000978. The summed E-state index contributed by atoms with van der Waals surface area (Å²) in [7, 11) is 0. The Kier molecular flexibility index (Phi) is 20.6. The molecule has 10 heterocycles. The number of rotatable bonds is 7. The first-order valence-corrected chi connectivity index (χ1v) is 42.9. The van der Waals surface area contributed by atoms with E-state index in [-0.39, 0.29) is 18.1 Å². The summed E-state index contributed by atoms with van der Waals surface area (Å²) in [4.78, 5) is 38.5. The second kappa shape index (κ2) is 32.8. The Bertz CT molecular complexity index is 7430. The number of aryl methyl sites for hydroxylation is 6. The molecule has 123 heavy (non-hydrogen) atoms. The van der Waals surface area contributed by atoms with Crippen LogP contribution in [0.5, 0.6) is 23.0 Å². The summed E-state index contributed by atoms with van der Waals surface area (Å²) in [6, 6.07) is 56.6. The SMILES string of the molecule is OCCn1ncc2c3c4c(c(-c5ccc(O)cc5)nc3ccc21)CCCC4.Oc1ccc(-c2[nH]c3c(ccc4ccnc43)c3c2CCCC3)cc1.Oc1ccc(-c2nc3ccccc3c3c2CCCC3)cc1.[C-]#[N+]c1[nH]nc2ccc3nc(-c4cn[nH]c4C)c4c(c3c12)CCCC4.[C-]#[N+]c1cnc2ccc3[nH]c(-c4ccc(O)cc4)c4c(c3c12)CCCC4. The van der Waals surface area contributed by atoms with Crippen LogP contribution >= 0.6 is 0 Å². The van der Waals surface area contributed by atoms with Gasteiger partial charge in [-0.25, -0.2) is 24.9 Å². The molecule has 0 radical (unpaired) electrons. The number of benzene rings is 9. The highest BCUT2D eigenvalue weighted by molar-refractivity contribution is 6.16. The molecule has 606 valence electrons. The molecule has 0 fully saturated rings. The molecule has 0 saturated heterocycles. The third kappa shape index (κ3) is 14.2. The van der Waals surface area contributed by atoms with E-state index in [0.29, 0.717) is 29.5 Å². The largest absolute Gasteiger partial charge is 0.508 e. The lowest BCUT2D eigenvalue weighted by Crippen LogP contribution is -2.08. The molecule has 19 aromatic rings. The van der Waals surface area contributed by atoms with Crippen LogP contribution in [-0.2, 0) is 70.8 Å². The first-order valence-electron chi connectivity index (χ1n) is 42.9. The molecule has 10 aromatic heterocycles. The van der Waals surface area contributed by atoms with E-state index in [1.165, 1.54) is 141 Å². The van der Waals surface area contributed by atoms with Crippen molar-refractivity contribution in [3.8, 4) is 79.3 Å². The van der Waals surface area contributed by atoms with Gasteiger partial charge in [-0.05, 0) is 348 Å². The lowest BCUT2D eigenvalue weighted by Gasteiger charge is -2.23. The van der Waals surface area contributed by atoms with Gasteiger partial charge in [-0.1, -0.05) is 36.9 Å². The van der Waals surface area contributed by atoms with Crippen molar-refractivity contribution in [2.75, 3.05) is 6.61 Å². The number of hydrogen-bond donors (Lipinski definition) is 9. The molecule has 0 spiro atoms. The molecule has 0 aliphatic heterocycles. The van der Waals surface area contributed by atoms with E-state index in [2.05, 4.69) is 104 Å². The third-order valence-electron chi connectivity index (χ3n) is 25.6. The number of aromatic nitrogens is 13. The molecule has 5 aliphatic carbocycles. The molecule has 24 rings (SSSR count). The van der Waals surface area contributed by atoms with Crippen LogP contribution in [0.1, 0.15) is 126 Å². The van der Waals surface area contributed by atoms with E-state index in [1.807, 2.05) is 109 Å². The number of pyridine rings is 5. The molecule has 9 N–H and O–H groups in total. The van der Waals surface area contributed by atoms with E-state index in [0.717, 1.165) is 203 Å². The third-order valence-corrected chi connectivity index (χ3v) is 25.6. The maximum Gasteiger partial charge on any atom is 0.258 e. The molecular weight excluding hydrogens is 1530 g/mol. The predicted octanol–water partition coefficient (Wildman–Crippen LogP) is 23.0. The van der Waals surface area contributed by atoms with Gasteiger partial charge < -0.3 is 40.3 Å². The minimum Gasteiger partial charge on any atom is -0.508 e. The van der Waals surface area contributed by atoms with Crippen LogP contribution in [0.3, 0.4) is 0 Å². The standard InChI is InChI=1S/C22H21N3O2.C22H17N3O.C21H18N2O.C19H16N6.C19H17NO/c26-12-11-25-20-10-9-19-21(18(20)13-23-25)16-3-1-2-4-17(16)22(24-19)14-5-7-15(27)8-6-14;1-23-19-12-24-17-10-11-18-20(21(17)19)15-4-2-3-5-16(15)22(25-18)13-6-8-14(26)9-7-13;24-15-8-5-13(6-9-15)19-17-4-2-1-3-16(17)18-10-7-14-11-12-22-20(14)21(18)23-19;1-10-13(9-21-23-10)18-12-6-4-3-5-11(12)16-14(22-18)7-8-15-17(16)19(20-2)25-24-15;21-14-11-9-13(10-12-14)19-17-7-2-1-5-15(17)16-6-3-4-8-18(16)20-19/h5-10,13,26-27H,1-4,11-12H2;6-12,25-26H,2-5H2;5-12,23-24H,1-4H2;7-9H,3-6H2,1H3,(H,21,23)(H,24,25);3-4,6,8-12,21H,1-2,5,7H2. The summed E-state index contributed by atoms with van der Waals surface area (Å²) < 4.78 is 1.86. The van der Waals surface area contributed by atoms with E-state index in [1.54, 1.807) is 54.7 Å². The van der Waals surface area contributed by atoms with Gasteiger partial charge in [0.05, 0.1) is 87.8 Å². The zero-order chi connectivity index (χ0) is 83.3. The number of aliphatic hydroxyl groups excluding tert-OH is 1. The fourth-order valence-corrected chi connectivity index (χ4v) is 19.9. The minimum absolute atomic E-state index is 0.0744. The van der Waals surface area contributed by atoms with Crippen molar-refractivity contribution in [3.63, 3.8) is 0 Å². The average Bonchev–Trinajstić information content (AvgIpc) is 1.69. The summed E-state index contributed by atoms with van der Waals surface area (Å²) in [5, 5.41) is 76.7. The van der Waals surface area contributed by atoms with Gasteiger partial charge in [0.1, 0.15) is 28.5 Å². The van der Waals surface area contributed by atoms with Crippen LogP contribution < -0.4 is 0 Å². The fourth-order valence-electron chi connectivity index (χ4n) is 19.9. The summed E-state index contributed by atoms with van der Waals surface area (Å²) in [5.41, 5.74) is 35.2. The van der Waals surface area contributed by atoms with E-state index in [9.17, 15) is 25.5 Å². The van der Waals surface area contributed by atoms with E-state index < -0.39 is 0 Å². The van der Waals surface area contributed by atoms with Crippen molar-refractivity contribution in [2.24, 2.45) is 0 Å². The van der Waals surface area contributed by atoms with Crippen molar-refractivity contribution in [2.45, 2.75) is 142 Å². The lowest BCUT2D eigenvalue weighted by molar-refractivity contribution is 0.271. The number of phenolic OH excluding ortho intramolecular Hbond substituents is 4. The van der Waals surface area contributed by atoms with Gasteiger partial charge >= 0.3 is 0 Å². The van der Waals surface area contributed by atoms with Crippen LogP contribution in [0.4, 0.5) is 11.5 Å². The summed E-state index contributed by atoms with van der Waals surface area (Å²) in [6.07, 6.45) is 29.9. The lowest BCUT2D eigenvalue weighted by atomic mass is 9.85. The highest BCUT2D eigenvalue weighted by atomic mass is 16.3. The molecular formula is C103H89N15O5. The zero-order valence-corrected chi connectivity index (χ0v) is 68.3. The topological polar surface area (TPSA) is 281 Å². The van der Waals surface area contributed by atoms with Crippen molar-refractivity contribution in [1.29, 1.82) is 0 Å². The quantitative estimate of drug-likeness (QED) is 0.0672. The summed E-state index contributed by atoms with van der Waals surface area (Å²) >= 11 is 0. The van der Waals surface area contributed by atoms with Crippen LogP contribution in [0.25, 0.3) is 164 Å². The predicted molar refractivity (Wildman–Crippen MR) is 489 cm³/mol. The second-order valence-corrected chi connectivity index (χ2v) is 32.8. The molecule has 0 saturated carbocycles. The van der Waals surface area contributed by atoms with E-state index >= 15 is 0 Å². The molecule has 0 unspecified atom stereocenters. The molecule has 0 bridgehead atoms. The highest BCUT2D eigenvalue weighted by Gasteiger charge is 2.29. The first kappa shape index (κ1) is 77.0. The van der Waals surface area contributed by atoms with Gasteiger partial charge in [0.15, 0.2) is 0 Å². The van der Waals surface area contributed by atoms with Crippen molar-refractivity contribution < 1.29 is 25.5 Å². The Morgan fingerprint density at radius 3 is 1.53 bits per heavy atom. The van der Waals surface area contributed by atoms with Gasteiger partial charge in [-0.2, -0.15) is 10.2 Å². The van der Waals surface area contributed by atoms with Crippen LogP contribution in [-0.4, -0.2) is 97.2 Å². The molecule has 9 aromatic carbocycles. The number of hydrogen-bond acceptors (Lipinski definition) is 13. The van der Waals surface area contributed by atoms with Crippen molar-refractivity contribution in [3.05, 3.63) is 285 Å². The number of aromatic amines is 4. The van der Waals surface area contributed by atoms with Crippen LogP contribution in [0.15, 0.2) is 201 Å². The average molecular weight is 1620 g/mol. The number of nitrogens with zero attached hydrogens (tertiary/aromatic N) is 11. The smallest absolute Gasteiger partial charge is 0.258 e. The van der Waals surface area contributed by atoms with Gasteiger partial charge in [0.25, 0.3) is 5.82 Å². The Hall–Kier alpha value is -14.6. The van der Waals surface area contributed by atoms with Crippen LogP contribution in [0.2, 0.25) is 0 Å². The second-order valence-electron chi connectivity index (χ2n) is 32.8. The van der Waals surface area contributed by atoms with Crippen molar-refractivity contribution >= 4 is 110 Å². The monoisotopic (exact) mass is 1620 g/mol. The maximum absolute atomic E-state index is 9.63. The molecule has 20 nitrogen and oxygen atoms in total. The minimum atomic E-state index is 0.0744. The first-order chi connectivity index (χ1) is 60.4. The number of fused-ring (bicyclic) bond motifs is 23. The molecule has 5 aliphatic rings. The number of nitrogens with one attached hydrogen (secondary N) is 4. The Labute approximate surface area is 708 Å². The van der Waals surface area contributed by atoms with Crippen LogP contribution in [0, 0.1) is 20.1 Å². The zero-order valence-electron chi connectivity index (χ0n) is 68.3. The maximum atomic E-state index is 9.63. The molecule has 0 atom stereocenters. The number of para-hydroxylation sites is 1. The normalized spacial score (nSPS) is 14.0. The summed E-state index contributed by atoms with van der Waals surface area (Å²) in [6.45, 7) is 17.6. The highest BCUT2D eigenvalue weighted by Crippen LogP contribution is 2.46. The number of H-pyrrole nitrogens is 4. The number of aliphatic hydroxyl groups is 1. The van der Waals surface area contributed by atoms with Gasteiger partial charge in [0, 0.05) is 100 Å². The number of aromatic hydroxyl groups is 4. The number of phenols is 4. The fraction of sp³-hybridized carbons (Fsp3) is 0.223. The van der Waals surface area contributed by atoms with Gasteiger partial charge in [-0.15, -0.1) is 5.10 Å². The van der Waals surface area contributed by atoms with E-state index in [4.69, 9.17) is 28.1 Å². The Morgan fingerprint density at radius 2 is 0.911 bits per heavy atom. The molecule has 0 amide bonds. The molecule has 20 heteroatoms. The summed E-state index contributed by atoms with van der Waals surface area (Å²) in [5.74, 6) is 1.64. The van der Waals surface area contributed by atoms with Crippen molar-refractivity contribution in [1.82, 2.24) is 65.1 Å². The Morgan fingerprint density at radius 1 is 0.398 bits per heavy atom. The van der Waals surface area contributed by atoms with Gasteiger partial charge in [-0.3, -0.25) is 19.7 Å². The van der Waals surface area contributed by atoms with Gasteiger partial charge in [0.2, 0.25) is 5.69 Å².